The number of halogens is 4. The number of ether oxygens (including phenoxy) is 2. The van der Waals surface area contributed by atoms with Crippen molar-refractivity contribution in [3.8, 4) is 0 Å². The number of aryl methyl sites for hydroxylation is 1. The van der Waals surface area contributed by atoms with Gasteiger partial charge in [-0.1, -0.05) is 0 Å². The normalized spacial score (nSPS) is 20.0. The molecule has 0 radical (unpaired) electrons. The van der Waals surface area contributed by atoms with Crippen LogP contribution in [0.1, 0.15) is 24.4 Å². The summed E-state index contributed by atoms with van der Waals surface area (Å²) in [6, 6.07) is 5.22. The lowest BCUT2D eigenvalue weighted by Crippen LogP contribution is -2.51. The maximum absolute atomic E-state index is 13.7. The molecular weight excluding hydrogens is 625 g/mol. The molecule has 2 aromatic carbocycles. The monoisotopic (exact) mass is 652 g/mol. The summed E-state index contributed by atoms with van der Waals surface area (Å²) in [5.41, 5.74) is 13.0. The van der Waals surface area contributed by atoms with E-state index < -0.39 is 29.7 Å². The van der Waals surface area contributed by atoms with Crippen LogP contribution in [0.5, 0.6) is 0 Å². The molecule has 0 saturated carbocycles. The van der Waals surface area contributed by atoms with Crippen molar-refractivity contribution in [3.05, 3.63) is 63.0 Å². The van der Waals surface area contributed by atoms with Crippen LogP contribution in [0.4, 0.5) is 18.9 Å². The summed E-state index contributed by atoms with van der Waals surface area (Å²) < 4.78 is 54.1. The van der Waals surface area contributed by atoms with Gasteiger partial charge in [0, 0.05) is 22.5 Å². The van der Waals surface area contributed by atoms with Crippen molar-refractivity contribution < 1.29 is 27.8 Å². The van der Waals surface area contributed by atoms with Crippen molar-refractivity contribution in [2.75, 3.05) is 13.2 Å². The highest BCUT2D eigenvalue weighted by Crippen LogP contribution is 2.33. The molecule has 4 rings (SSSR count). The number of aliphatic hydroxyl groups is 1. The predicted molar refractivity (Wildman–Crippen MR) is 158 cm³/mol. The number of amidine groups is 2. The van der Waals surface area contributed by atoms with E-state index in [0.29, 0.717) is 12.3 Å². The van der Waals surface area contributed by atoms with E-state index in [1.54, 1.807) is 13.0 Å². The number of hydrogen-bond acceptors (Lipinski definition) is 8. The van der Waals surface area contributed by atoms with Gasteiger partial charge in [-0.3, -0.25) is 4.99 Å². The molecule has 1 saturated heterocycles. The van der Waals surface area contributed by atoms with Crippen LogP contribution >= 0.6 is 27.3 Å². The molecule has 4 atom stereocenters. The van der Waals surface area contributed by atoms with E-state index in [1.165, 1.54) is 17.6 Å². The summed E-state index contributed by atoms with van der Waals surface area (Å²) in [6.45, 7) is 5.40. The highest BCUT2D eigenvalue weighted by Gasteiger charge is 2.36. The van der Waals surface area contributed by atoms with Gasteiger partial charge in [0.15, 0.2) is 23.3 Å². The van der Waals surface area contributed by atoms with Crippen LogP contribution in [0.3, 0.4) is 0 Å². The van der Waals surface area contributed by atoms with E-state index in [-0.39, 0.29) is 41.6 Å². The Labute approximate surface area is 246 Å². The molecular formula is C27H28BrF3N6O3S. The molecule has 3 unspecified atom stereocenters. The Hall–Kier alpha value is -3.17. The summed E-state index contributed by atoms with van der Waals surface area (Å²) in [7, 11) is 0. The molecule has 2 heterocycles. The van der Waals surface area contributed by atoms with E-state index in [2.05, 4.69) is 35.9 Å². The third-order valence-electron chi connectivity index (χ3n) is 6.07. The second-order valence-corrected chi connectivity index (χ2v) is 11.4. The van der Waals surface area contributed by atoms with Crippen LogP contribution < -0.4 is 11.5 Å². The lowest BCUT2D eigenvalue weighted by atomic mass is 10.1. The summed E-state index contributed by atoms with van der Waals surface area (Å²) in [5.74, 6) is -4.03. The zero-order valence-corrected chi connectivity index (χ0v) is 24.7. The molecule has 14 heteroatoms. The van der Waals surface area contributed by atoms with Crippen molar-refractivity contribution >= 4 is 66.6 Å². The first kappa shape index (κ1) is 30.8. The summed E-state index contributed by atoms with van der Waals surface area (Å²) in [6.07, 6.45) is -0.649. The van der Waals surface area contributed by atoms with E-state index in [9.17, 15) is 18.3 Å². The van der Waals surface area contributed by atoms with Gasteiger partial charge in [-0.15, -0.1) is 11.3 Å². The number of aliphatic hydroxyl groups excluding tert-OH is 1. The van der Waals surface area contributed by atoms with Crippen LogP contribution in [0.15, 0.2) is 49.9 Å². The molecule has 1 aromatic heterocycles. The largest absolute Gasteiger partial charge is 0.404 e. The lowest BCUT2D eigenvalue weighted by Gasteiger charge is -2.37. The van der Waals surface area contributed by atoms with Gasteiger partial charge < -0.3 is 26.0 Å². The number of fused-ring (bicyclic) bond motifs is 1. The second-order valence-electron chi connectivity index (χ2n) is 9.30. The zero-order chi connectivity index (χ0) is 29.8. The highest BCUT2D eigenvalue weighted by atomic mass is 79.9. The molecule has 0 bridgehead atoms. The van der Waals surface area contributed by atoms with Crippen LogP contribution in [-0.2, 0) is 9.47 Å². The van der Waals surface area contributed by atoms with Gasteiger partial charge in [-0.2, -0.15) is 0 Å². The minimum absolute atomic E-state index is 0.0275. The molecule has 1 aliphatic rings. The Kier molecular flexibility index (Phi) is 9.92. The van der Waals surface area contributed by atoms with Gasteiger partial charge >= 0.3 is 0 Å². The van der Waals surface area contributed by atoms with Crippen molar-refractivity contribution in [2.24, 2.45) is 26.4 Å². The SMILES string of the molecule is CC(N)=NC(=Nc1cc(Br)c2nc(C)sc2c1)C(OC1COC1C)[C@@H](O)CN=CC(=CN)c1cc(F)c(F)c(F)c1. The van der Waals surface area contributed by atoms with Gasteiger partial charge in [-0.05, 0) is 66.5 Å². The van der Waals surface area contributed by atoms with Crippen molar-refractivity contribution in [2.45, 2.75) is 45.2 Å². The third kappa shape index (κ3) is 7.38. The number of benzene rings is 2. The standard InChI is InChI=1S/C27H28BrF3N6O3S/c1-12-22(11-39-12)40-26(21(38)10-34-9-16(8-32)15-4-19(29)24(31)20(30)5-15)27(35-13(2)33)37-17-6-18(28)25-23(7-17)41-14(3)36-25/h4-9,12,21-22,26,38H,10-11,32H2,1-3H3,(H2,33,35,37)/t12?,21-,22?,26?/m0/s1. The summed E-state index contributed by atoms with van der Waals surface area (Å²) >= 11 is 5.04. The number of thiazole rings is 1. The van der Waals surface area contributed by atoms with Crippen molar-refractivity contribution in [3.63, 3.8) is 0 Å². The van der Waals surface area contributed by atoms with Gasteiger partial charge in [0.25, 0.3) is 0 Å². The van der Waals surface area contributed by atoms with E-state index >= 15 is 0 Å². The Morgan fingerprint density at radius 2 is 2.00 bits per heavy atom. The first-order valence-corrected chi connectivity index (χ1v) is 14.1. The average molecular weight is 654 g/mol. The average Bonchev–Trinajstić information content (AvgIpc) is 3.29. The smallest absolute Gasteiger partial charge is 0.194 e. The topological polar surface area (TPSA) is 141 Å². The van der Waals surface area contributed by atoms with Crippen LogP contribution in [0, 0.1) is 24.4 Å². The Morgan fingerprint density at radius 3 is 2.59 bits per heavy atom. The Bertz CT molecular complexity index is 1530. The molecule has 0 spiro atoms. The molecule has 41 heavy (non-hydrogen) atoms. The van der Waals surface area contributed by atoms with Crippen molar-refractivity contribution in [1.29, 1.82) is 0 Å². The maximum atomic E-state index is 13.7. The van der Waals surface area contributed by atoms with Gasteiger partial charge in [0.1, 0.15) is 18.3 Å². The van der Waals surface area contributed by atoms with E-state index in [0.717, 1.165) is 38.0 Å². The second kappa shape index (κ2) is 13.2. The number of hydrogen-bond donors (Lipinski definition) is 3. The van der Waals surface area contributed by atoms with E-state index in [1.807, 2.05) is 19.9 Å². The highest BCUT2D eigenvalue weighted by molar-refractivity contribution is 9.10. The number of aromatic nitrogens is 1. The molecule has 0 amide bonds. The van der Waals surface area contributed by atoms with Crippen LogP contribution in [0.2, 0.25) is 0 Å². The Balaban J connectivity index is 1.65. The number of aliphatic imine (C=N–C) groups is 3. The fourth-order valence-electron chi connectivity index (χ4n) is 3.94. The summed E-state index contributed by atoms with van der Waals surface area (Å²) in [5, 5.41) is 12.1. The van der Waals surface area contributed by atoms with Crippen molar-refractivity contribution in [1.82, 2.24) is 4.98 Å². The Morgan fingerprint density at radius 1 is 1.29 bits per heavy atom. The summed E-state index contributed by atoms with van der Waals surface area (Å²) in [4.78, 5) is 17.8. The van der Waals surface area contributed by atoms with Gasteiger partial charge in [-0.25, -0.2) is 28.1 Å². The number of nitrogens with two attached hydrogens (primary N) is 2. The predicted octanol–water partition coefficient (Wildman–Crippen LogP) is 4.80. The van der Waals surface area contributed by atoms with Gasteiger partial charge in [0.2, 0.25) is 0 Å². The molecule has 1 aliphatic heterocycles. The maximum Gasteiger partial charge on any atom is 0.194 e. The number of allylic oxidation sites excluding steroid dienone is 1. The minimum Gasteiger partial charge on any atom is -0.404 e. The van der Waals surface area contributed by atoms with E-state index in [4.69, 9.17) is 20.9 Å². The fourth-order valence-corrected chi connectivity index (χ4v) is 5.49. The number of nitrogens with zero attached hydrogens (tertiary/aromatic N) is 4. The third-order valence-corrected chi connectivity index (χ3v) is 7.59. The number of rotatable bonds is 9. The lowest BCUT2D eigenvalue weighted by molar-refractivity contribution is -0.199. The molecule has 5 N–H and O–H groups in total. The van der Waals surface area contributed by atoms with Crippen LogP contribution in [-0.4, -0.2) is 65.5 Å². The molecule has 218 valence electrons. The first-order chi connectivity index (χ1) is 19.5. The molecule has 9 nitrogen and oxygen atoms in total. The van der Waals surface area contributed by atoms with Gasteiger partial charge in [0.05, 0.1) is 46.0 Å². The quantitative estimate of drug-likeness (QED) is 0.172. The zero-order valence-electron chi connectivity index (χ0n) is 22.3. The first-order valence-electron chi connectivity index (χ1n) is 12.4. The minimum atomic E-state index is -1.59. The van der Waals surface area contributed by atoms with Crippen LogP contribution in [0.25, 0.3) is 15.8 Å². The fraction of sp³-hybridized carbons (Fsp3) is 0.333. The molecule has 1 fully saturated rings. The molecule has 0 aliphatic carbocycles. The molecule has 3 aromatic rings.